The van der Waals surface area contributed by atoms with Crippen molar-refractivity contribution in [2.75, 3.05) is 13.3 Å². The summed E-state index contributed by atoms with van der Waals surface area (Å²) in [6.45, 7) is 2.00. The van der Waals surface area contributed by atoms with Crippen LogP contribution in [0, 0.1) is 6.92 Å². The smallest absolute Gasteiger partial charge is 0.243 e. The minimum atomic E-state index is -3.59. The van der Waals surface area contributed by atoms with Crippen molar-refractivity contribution in [3.63, 3.8) is 0 Å². The Balaban J connectivity index is 2.02. The van der Waals surface area contributed by atoms with Crippen molar-refractivity contribution in [2.24, 2.45) is 0 Å². The molecule has 6 heteroatoms. The van der Waals surface area contributed by atoms with E-state index in [0.29, 0.717) is 5.56 Å². The number of hydrogen-bond acceptors (Lipinski definition) is 3. The quantitative estimate of drug-likeness (QED) is 0.629. The summed E-state index contributed by atoms with van der Waals surface area (Å²) in [6, 6.07) is 25.1. The molecule has 0 aliphatic heterocycles. The third-order valence-electron chi connectivity index (χ3n) is 5.05. The second kappa shape index (κ2) is 9.24. The first kappa shape index (κ1) is 21.7. The van der Waals surface area contributed by atoms with E-state index in [2.05, 4.69) is 5.32 Å². The minimum Gasteiger partial charge on any atom is -0.343 e. The number of nitrogens with one attached hydrogen (secondary N) is 1. The van der Waals surface area contributed by atoms with Crippen LogP contribution in [0.15, 0.2) is 84.9 Å². The normalized spacial score (nSPS) is 13.6. The van der Waals surface area contributed by atoms with Crippen LogP contribution in [-0.2, 0) is 14.8 Å². The molecule has 1 amide bonds. The van der Waals surface area contributed by atoms with Gasteiger partial charge >= 0.3 is 0 Å². The van der Waals surface area contributed by atoms with E-state index in [4.69, 9.17) is 0 Å². The minimum absolute atomic E-state index is 0.385. The van der Waals surface area contributed by atoms with Crippen molar-refractivity contribution in [1.82, 2.24) is 9.62 Å². The first-order chi connectivity index (χ1) is 14.3. The van der Waals surface area contributed by atoms with Gasteiger partial charge in [0.1, 0.15) is 6.04 Å². The highest BCUT2D eigenvalue weighted by molar-refractivity contribution is 7.88. The lowest BCUT2D eigenvalue weighted by molar-refractivity contribution is -0.125. The fourth-order valence-corrected chi connectivity index (χ4v) is 4.03. The molecule has 0 fully saturated rings. The number of amides is 1. The largest absolute Gasteiger partial charge is 0.343 e. The lowest BCUT2D eigenvalue weighted by Gasteiger charge is -2.28. The Morgan fingerprint density at radius 2 is 1.37 bits per heavy atom. The summed E-state index contributed by atoms with van der Waals surface area (Å²) < 4.78 is 25.6. The molecular weight excluding hydrogens is 396 g/mol. The van der Waals surface area contributed by atoms with Crippen molar-refractivity contribution in [2.45, 2.75) is 19.0 Å². The van der Waals surface area contributed by atoms with Crippen LogP contribution in [0.4, 0.5) is 0 Å². The van der Waals surface area contributed by atoms with E-state index < -0.39 is 22.1 Å². The Kier molecular flexibility index (Phi) is 6.70. The maximum absolute atomic E-state index is 13.5. The summed E-state index contributed by atoms with van der Waals surface area (Å²) in [5.74, 6) is -0.385. The zero-order valence-electron chi connectivity index (χ0n) is 17.3. The number of hydrogen-bond donors (Lipinski definition) is 1. The van der Waals surface area contributed by atoms with Crippen LogP contribution in [0.2, 0.25) is 0 Å². The SMILES string of the molecule is Cc1cccc([C@H](NC(=O)[C@@H](c2ccccc2)N(C)S(C)(=O)=O)c2ccccc2)c1. The van der Waals surface area contributed by atoms with Gasteiger partial charge < -0.3 is 5.32 Å². The number of benzene rings is 3. The van der Waals surface area contributed by atoms with Crippen molar-refractivity contribution in [1.29, 1.82) is 0 Å². The summed E-state index contributed by atoms with van der Waals surface area (Å²) in [5.41, 5.74) is 3.54. The van der Waals surface area contributed by atoms with E-state index in [0.717, 1.165) is 27.3 Å². The molecule has 2 atom stereocenters. The topological polar surface area (TPSA) is 66.5 Å². The highest BCUT2D eigenvalue weighted by Crippen LogP contribution is 2.27. The van der Waals surface area contributed by atoms with Crippen LogP contribution in [-0.4, -0.2) is 31.9 Å². The van der Waals surface area contributed by atoms with E-state index in [-0.39, 0.29) is 5.91 Å². The third-order valence-corrected chi connectivity index (χ3v) is 6.30. The molecule has 156 valence electrons. The Morgan fingerprint density at radius 1 is 0.833 bits per heavy atom. The second-order valence-electron chi connectivity index (χ2n) is 7.36. The first-order valence-electron chi connectivity index (χ1n) is 9.67. The van der Waals surface area contributed by atoms with Crippen LogP contribution in [0.3, 0.4) is 0 Å². The molecule has 3 rings (SSSR count). The fourth-order valence-electron chi connectivity index (χ4n) is 3.43. The van der Waals surface area contributed by atoms with E-state index in [1.807, 2.05) is 67.6 Å². The average Bonchev–Trinajstić information content (AvgIpc) is 2.73. The van der Waals surface area contributed by atoms with Crippen LogP contribution in [0.1, 0.15) is 34.3 Å². The van der Waals surface area contributed by atoms with Crippen molar-refractivity contribution in [3.05, 3.63) is 107 Å². The highest BCUT2D eigenvalue weighted by atomic mass is 32.2. The molecule has 0 spiro atoms. The van der Waals surface area contributed by atoms with Gasteiger partial charge in [-0.3, -0.25) is 4.79 Å². The Bertz CT molecular complexity index is 1100. The molecular formula is C24H26N2O3S. The lowest BCUT2D eigenvalue weighted by atomic mass is 9.96. The zero-order valence-corrected chi connectivity index (χ0v) is 18.1. The number of nitrogens with zero attached hydrogens (tertiary/aromatic N) is 1. The highest BCUT2D eigenvalue weighted by Gasteiger charge is 2.32. The predicted octanol–water partition coefficient (Wildman–Crippen LogP) is 3.83. The van der Waals surface area contributed by atoms with Crippen LogP contribution in [0.25, 0.3) is 0 Å². The summed E-state index contributed by atoms with van der Waals surface area (Å²) in [4.78, 5) is 13.5. The molecule has 0 bridgehead atoms. The van der Waals surface area contributed by atoms with Gasteiger partial charge in [-0.05, 0) is 23.6 Å². The van der Waals surface area contributed by atoms with Crippen LogP contribution >= 0.6 is 0 Å². The number of carbonyl (C=O) groups is 1. The van der Waals surface area contributed by atoms with Gasteiger partial charge in [0.2, 0.25) is 15.9 Å². The van der Waals surface area contributed by atoms with Gasteiger partial charge in [-0.25, -0.2) is 8.42 Å². The van der Waals surface area contributed by atoms with Gasteiger partial charge in [-0.1, -0.05) is 90.5 Å². The Labute approximate surface area is 178 Å². The van der Waals surface area contributed by atoms with Crippen molar-refractivity contribution in [3.8, 4) is 0 Å². The molecule has 0 saturated heterocycles. The van der Waals surface area contributed by atoms with Crippen molar-refractivity contribution >= 4 is 15.9 Å². The first-order valence-corrected chi connectivity index (χ1v) is 11.5. The zero-order chi connectivity index (χ0) is 21.7. The molecule has 3 aromatic rings. The maximum Gasteiger partial charge on any atom is 0.243 e. The summed E-state index contributed by atoms with van der Waals surface area (Å²) in [5, 5.41) is 3.08. The number of carbonyl (C=O) groups excluding carboxylic acids is 1. The van der Waals surface area contributed by atoms with E-state index in [1.165, 1.54) is 7.05 Å². The summed E-state index contributed by atoms with van der Waals surface area (Å²) in [7, 11) is -2.17. The number of rotatable bonds is 7. The molecule has 0 radical (unpaired) electrons. The number of likely N-dealkylation sites (N-methyl/N-ethyl adjacent to an activating group) is 1. The molecule has 30 heavy (non-hydrogen) atoms. The molecule has 0 unspecified atom stereocenters. The van der Waals surface area contributed by atoms with E-state index in [1.54, 1.807) is 24.3 Å². The summed E-state index contributed by atoms with van der Waals surface area (Å²) >= 11 is 0. The maximum atomic E-state index is 13.5. The van der Waals surface area contributed by atoms with Crippen LogP contribution in [0.5, 0.6) is 0 Å². The van der Waals surface area contributed by atoms with Gasteiger partial charge in [0.15, 0.2) is 0 Å². The lowest BCUT2D eigenvalue weighted by Crippen LogP contribution is -2.42. The van der Waals surface area contributed by atoms with Gasteiger partial charge in [-0.15, -0.1) is 0 Å². The molecule has 1 N–H and O–H groups in total. The van der Waals surface area contributed by atoms with Gasteiger partial charge in [0.25, 0.3) is 0 Å². The average molecular weight is 423 g/mol. The number of aryl methyl sites for hydroxylation is 1. The predicted molar refractivity (Wildman–Crippen MR) is 119 cm³/mol. The van der Waals surface area contributed by atoms with E-state index in [9.17, 15) is 13.2 Å². The Hall–Kier alpha value is -2.96. The standard InChI is InChI=1S/C24H26N2O3S/c1-18-11-10-16-21(17-18)22(19-12-6-4-7-13-19)25-24(27)23(26(2)30(3,28)29)20-14-8-5-9-15-20/h4-17,22-23H,1-3H3,(H,25,27)/t22-,23-/m1/s1. The fraction of sp³-hybridized carbons (Fsp3) is 0.208. The second-order valence-corrected chi connectivity index (χ2v) is 9.40. The van der Waals surface area contributed by atoms with Crippen LogP contribution < -0.4 is 5.32 Å². The van der Waals surface area contributed by atoms with Crippen molar-refractivity contribution < 1.29 is 13.2 Å². The van der Waals surface area contributed by atoms with E-state index >= 15 is 0 Å². The molecule has 0 aliphatic carbocycles. The molecule has 3 aromatic carbocycles. The third kappa shape index (κ3) is 5.14. The summed E-state index contributed by atoms with van der Waals surface area (Å²) in [6.07, 6.45) is 1.10. The molecule has 0 saturated carbocycles. The molecule has 0 heterocycles. The number of sulfonamides is 1. The van der Waals surface area contributed by atoms with Gasteiger partial charge in [0.05, 0.1) is 12.3 Å². The van der Waals surface area contributed by atoms with Gasteiger partial charge in [-0.2, -0.15) is 4.31 Å². The van der Waals surface area contributed by atoms with Gasteiger partial charge in [0, 0.05) is 7.05 Å². The molecule has 0 aliphatic rings. The molecule has 5 nitrogen and oxygen atoms in total. The Morgan fingerprint density at radius 3 is 1.90 bits per heavy atom. The monoisotopic (exact) mass is 422 g/mol. The molecule has 0 aromatic heterocycles.